The molecule has 0 bridgehead atoms. The Labute approximate surface area is 175 Å². The van der Waals surface area contributed by atoms with Gasteiger partial charge in [0.1, 0.15) is 5.82 Å². The summed E-state index contributed by atoms with van der Waals surface area (Å²) in [5.74, 6) is 0.350. The minimum Gasteiger partial charge on any atom is -0.372 e. The van der Waals surface area contributed by atoms with Crippen LogP contribution < -0.4 is 10.2 Å². The number of hydrogen-bond donors (Lipinski definition) is 1. The van der Waals surface area contributed by atoms with Gasteiger partial charge in [-0.2, -0.15) is 0 Å². The van der Waals surface area contributed by atoms with E-state index in [4.69, 9.17) is 11.6 Å². The summed E-state index contributed by atoms with van der Waals surface area (Å²) in [5.41, 5.74) is 2.90. The Balaban J connectivity index is 1.45. The van der Waals surface area contributed by atoms with E-state index < -0.39 is 0 Å². The number of halogens is 2. The van der Waals surface area contributed by atoms with Gasteiger partial charge in [-0.25, -0.2) is 4.39 Å². The van der Waals surface area contributed by atoms with Crippen LogP contribution in [0.15, 0.2) is 42.5 Å². The van der Waals surface area contributed by atoms with Crippen molar-refractivity contribution in [2.75, 3.05) is 23.7 Å². The smallest absolute Gasteiger partial charge is 0.230 e. The highest BCUT2D eigenvalue weighted by Gasteiger charge is 2.13. The van der Waals surface area contributed by atoms with Crippen molar-refractivity contribution in [2.24, 2.45) is 0 Å². The molecule has 0 spiro atoms. The molecule has 0 radical (unpaired) electrons. The van der Waals surface area contributed by atoms with Gasteiger partial charge in [-0.05, 0) is 61.6 Å². The fraction of sp³-hybridized carbons (Fsp3) is 0.409. The molecule has 1 atom stereocenters. The Morgan fingerprint density at radius 2 is 1.89 bits per heavy atom. The quantitative estimate of drug-likeness (QED) is 0.634. The van der Waals surface area contributed by atoms with E-state index in [9.17, 15) is 9.18 Å². The molecule has 1 unspecified atom stereocenters. The van der Waals surface area contributed by atoms with Crippen molar-refractivity contribution in [2.45, 2.75) is 38.0 Å². The zero-order valence-corrected chi connectivity index (χ0v) is 17.7. The molecule has 1 aliphatic heterocycles. The van der Waals surface area contributed by atoms with Crippen LogP contribution >= 0.6 is 23.4 Å². The van der Waals surface area contributed by atoms with Gasteiger partial charge in [0.05, 0.1) is 11.8 Å². The van der Waals surface area contributed by atoms with E-state index in [2.05, 4.69) is 34.5 Å². The van der Waals surface area contributed by atoms with Crippen molar-refractivity contribution in [3.05, 3.63) is 64.4 Å². The van der Waals surface area contributed by atoms with Gasteiger partial charge < -0.3 is 10.2 Å². The molecule has 28 heavy (non-hydrogen) atoms. The van der Waals surface area contributed by atoms with Crippen LogP contribution in [0.1, 0.15) is 43.4 Å². The minimum atomic E-state index is -0.331. The molecule has 0 aromatic heterocycles. The van der Waals surface area contributed by atoms with Gasteiger partial charge in [0.15, 0.2) is 0 Å². The third kappa shape index (κ3) is 5.89. The van der Waals surface area contributed by atoms with Crippen molar-refractivity contribution < 1.29 is 9.18 Å². The molecule has 3 nitrogen and oxygen atoms in total. The Kier molecular flexibility index (Phi) is 7.63. The summed E-state index contributed by atoms with van der Waals surface area (Å²) in [6.07, 6.45) is 3.83. The summed E-state index contributed by atoms with van der Waals surface area (Å²) in [6, 6.07) is 13.0. The molecule has 1 N–H and O–H groups in total. The number of nitrogens with zero attached hydrogens (tertiary/aromatic N) is 1. The summed E-state index contributed by atoms with van der Waals surface area (Å²) in [5, 5.41) is 3.40. The average molecular weight is 421 g/mol. The summed E-state index contributed by atoms with van der Waals surface area (Å²) in [4.78, 5) is 14.6. The van der Waals surface area contributed by atoms with Crippen molar-refractivity contribution in [1.82, 2.24) is 5.32 Å². The Hall–Kier alpha value is -1.72. The highest BCUT2D eigenvalue weighted by atomic mass is 35.5. The first kappa shape index (κ1) is 21.0. The molecular weight excluding hydrogens is 395 g/mol. The van der Waals surface area contributed by atoms with Gasteiger partial charge in [0, 0.05) is 29.6 Å². The number of thioether (sulfide) groups is 1. The van der Waals surface area contributed by atoms with E-state index in [0.29, 0.717) is 16.3 Å². The second kappa shape index (κ2) is 10.2. The SMILES string of the molecule is CC(NC(=O)CSCc1ccc(Cl)cc1F)c1ccc(N2CCCCC2)cc1. The predicted molar refractivity (Wildman–Crippen MR) is 117 cm³/mol. The zero-order valence-electron chi connectivity index (χ0n) is 16.1. The topological polar surface area (TPSA) is 32.3 Å². The fourth-order valence-electron chi connectivity index (χ4n) is 3.38. The van der Waals surface area contributed by atoms with E-state index in [1.165, 1.54) is 42.8 Å². The average Bonchev–Trinajstić information content (AvgIpc) is 2.70. The number of rotatable bonds is 7. The largest absolute Gasteiger partial charge is 0.372 e. The zero-order chi connectivity index (χ0) is 19.9. The molecule has 2 aromatic carbocycles. The first-order valence-electron chi connectivity index (χ1n) is 9.69. The molecule has 1 fully saturated rings. The van der Waals surface area contributed by atoms with Gasteiger partial charge in [0.2, 0.25) is 5.91 Å². The van der Waals surface area contributed by atoms with Gasteiger partial charge in [0.25, 0.3) is 0 Å². The maximum Gasteiger partial charge on any atom is 0.230 e. The molecule has 1 amide bonds. The van der Waals surface area contributed by atoms with Gasteiger partial charge >= 0.3 is 0 Å². The van der Waals surface area contributed by atoms with E-state index in [1.807, 2.05) is 6.92 Å². The molecule has 150 valence electrons. The predicted octanol–water partition coefficient (Wildman–Crippen LogP) is 5.58. The molecule has 3 rings (SSSR count). The normalized spacial score (nSPS) is 15.3. The summed E-state index contributed by atoms with van der Waals surface area (Å²) in [7, 11) is 0. The summed E-state index contributed by atoms with van der Waals surface area (Å²) in [6.45, 7) is 4.23. The Morgan fingerprint density at radius 3 is 2.57 bits per heavy atom. The summed E-state index contributed by atoms with van der Waals surface area (Å²) < 4.78 is 13.8. The molecule has 2 aromatic rings. The Morgan fingerprint density at radius 1 is 1.18 bits per heavy atom. The van der Waals surface area contributed by atoms with Crippen molar-refractivity contribution in [3.8, 4) is 0 Å². The highest BCUT2D eigenvalue weighted by Crippen LogP contribution is 2.23. The van der Waals surface area contributed by atoms with Crippen molar-refractivity contribution in [3.63, 3.8) is 0 Å². The van der Waals surface area contributed by atoms with Crippen LogP contribution in [0.3, 0.4) is 0 Å². The molecule has 0 saturated carbocycles. The first-order chi connectivity index (χ1) is 13.5. The van der Waals surface area contributed by atoms with Crippen LogP contribution in [0.5, 0.6) is 0 Å². The van der Waals surface area contributed by atoms with E-state index in [-0.39, 0.29) is 23.5 Å². The maximum atomic E-state index is 13.8. The third-order valence-electron chi connectivity index (χ3n) is 5.00. The van der Waals surface area contributed by atoms with Crippen LogP contribution in [-0.2, 0) is 10.5 Å². The van der Waals surface area contributed by atoms with Crippen LogP contribution in [-0.4, -0.2) is 24.7 Å². The van der Waals surface area contributed by atoms with Crippen LogP contribution in [0.4, 0.5) is 10.1 Å². The number of carbonyl (C=O) groups is 1. The Bertz CT molecular complexity index is 794. The maximum absolute atomic E-state index is 13.8. The number of piperidine rings is 1. The lowest BCUT2D eigenvalue weighted by molar-refractivity contribution is -0.119. The molecule has 1 saturated heterocycles. The third-order valence-corrected chi connectivity index (χ3v) is 6.21. The lowest BCUT2D eigenvalue weighted by Gasteiger charge is -2.29. The van der Waals surface area contributed by atoms with E-state index >= 15 is 0 Å². The lowest BCUT2D eigenvalue weighted by atomic mass is 10.1. The molecule has 1 aliphatic rings. The molecule has 6 heteroatoms. The molecular formula is C22H26ClFN2OS. The highest BCUT2D eigenvalue weighted by molar-refractivity contribution is 7.99. The second-order valence-corrected chi connectivity index (χ2v) is 8.58. The fourth-order valence-corrected chi connectivity index (χ4v) is 4.37. The first-order valence-corrected chi connectivity index (χ1v) is 11.2. The number of anilines is 1. The number of amides is 1. The minimum absolute atomic E-state index is 0.0491. The van der Waals surface area contributed by atoms with Crippen molar-refractivity contribution >= 4 is 35.0 Å². The lowest BCUT2D eigenvalue weighted by Crippen LogP contribution is -2.30. The number of carbonyl (C=O) groups excluding carboxylic acids is 1. The molecule has 0 aliphatic carbocycles. The molecule has 1 heterocycles. The van der Waals surface area contributed by atoms with Crippen LogP contribution in [0.25, 0.3) is 0 Å². The second-order valence-electron chi connectivity index (χ2n) is 7.16. The van der Waals surface area contributed by atoms with Gasteiger partial charge in [-0.1, -0.05) is 29.8 Å². The van der Waals surface area contributed by atoms with Gasteiger partial charge in [-0.3, -0.25) is 4.79 Å². The number of nitrogens with one attached hydrogen (secondary N) is 1. The van der Waals surface area contributed by atoms with Crippen LogP contribution in [0, 0.1) is 5.82 Å². The van der Waals surface area contributed by atoms with Crippen molar-refractivity contribution in [1.29, 1.82) is 0 Å². The van der Waals surface area contributed by atoms with Crippen LogP contribution in [0.2, 0.25) is 5.02 Å². The number of hydrogen-bond acceptors (Lipinski definition) is 3. The number of benzene rings is 2. The standard InChI is InChI=1S/C22H26ClFN2OS/c1-16(17-6-9-20(10-7-17)26-11-3-2-4-12-26)25-22(27)15-28-14-18-5-8-19(23)13-21(18)24/h5-10,13,16H,2-4,11-12,14-15H2,1H3,(H,25,27). The van der Waals surface area contributed by atoms with E-state index in [1.54, 1.807) is 12.1 Å². The monoisotopic (exact) mass is 420 g/mol. The summed E-state index contributed by atoms with van der Waals surface area (Å²) >= 11 is 7.15. The van der Waals surface area contributed by atoms with E-state index in [0.717, 1.165) is 18.7 Å². The van der Waals surface area contributed by atoms with Gasteiger partial charge in [-0.15, -0.1) is 11.8 Å².